The van der Waals surface area contributed by atoms with E-state index in [1.54, 1.807) is 36.9 Å². The van der Waals surface area contributed by atoms with Gasteiger partial charge in [0, 0.05) is 13.0 Å². The summed E-state index contributed by atoms with van der Waals surface area (Å²) in [6.45, 7) is 0.279. The van der Waals surface area contributed by atoms with Gasteiger partial charge in [-0.2, -0.15) is 0 Å². The maximum Gasteiger partial charge on any atom is 0.329 e. The highest BCUT2D eigenvalue weighted by atomic mass is 16.5. The largest absolute Gasteiger partial charge is 0.497 e. The number of rotatable bonds is 8. The van der Waals surface area contributed by atoms with Gasteiger partial charge in [0.15, 0.2) is 0 Å². The van der Waals surface area contributed by atoms with Crippen LogP contribution in [-0.2, 0) is 9.59 Å². The zero-order chi connectivity index (χ0) is 18.2. The Morgan fingerprint density at radius 2 is 2.12 bits per heavy atom. The molecule has 1 aromatic carbocycles. The first-order valence-electron chi connectivity index (χ1n) is 7.96. The van der Waals surface area contributed by atoms with Gasteiger partial charge in [0.1, 0.15) is 11.4 Å². The average molecular weight is 347 g/mol. The highest BCUT2D eigenvalue weighted by Gasteiger charge is 2.32. The van der Waals surface area contributed by atoms with Crippen LogP contribution in [-0.4, -0.2) is 41.6 Å². The molecule has 3 N–H and O–H groups in total. The summed E-state index contributed by atoms with van der Waals surface area (Å²) in [5.74, 6) is -0.158. The zero-order valence-corrected chi connectivity index (χ0v) is 13.9. The van der Waals surface area contributed by atoms with Gasteiger partial charge in [-0.3, -0.25) is 19.7 Å². The fourth-order valence-electron chi connectivity index (χ4n) is 2.46. The number of hydroxylamine groups is 1. The van der Waals surface area contributed by atoms with E-state index >= 15 is 0 Å². The lowest BCUT2D eigenvalue weighted by molar-refractivity contribution is -0.129. The molecule has 2 rings (SSSR count). The van der Waals surface area contributed by atoms with E-state index in [4.69, 9.17) is 9.94 Å². The number of urea groups is 1. The molecule has 0 aromatic heterocycles. The molecule has 0 saturated carbocycles. The Bertz CT molecular complexity index is 687. The Morgan fingerprint density at radius 1 is 1.32 bits per heavy atom. The second kappa shape index (κ2) is 8.84. The molecule has 1 fully saturated rings. The Hall–Kier alpha value is -2.87. The number of carbonyl (C=O) groups excluding carboxylic acids is 3. The molecule has 1 aliphatic rings. The third kappa shape index (κ3) is 5.05. The number of nitrogens with zero attached hydrogens (tertiary/aromatic N) is 1. The number of amides is 4. The molecule has 0 radical (unpaired) electrons. The van der Waals surface area contributed by atoms with E-state index in [-0.39, 0.29) is 24.6 Å². The minimum atomic E-state index is -0.452. The van der Waals surface area contributed by atoms with Crippen LogP contribution < -0.4 is 15.5 Å². The lowest BCUT2D eigenvalue weighted by Gasteiger charge is -2.11. The van der Waals surface area contributed by atoms with Crippen molar-refractivity contribution in [2.75, 3.05) is 13.7 Å². The molecule has 134 valence electrons. The van der Waals surface area contributed by atoms with Crippen LogP contribution in [0.4, 0.5) is 4.79 Å². The molecule has 0 unspecified atom stereocenters. The van der Waals surface area contributed by atoms with Gasteiger partial charge in [-0.25, -0.2) is 10.3 Å². The number of ether oxygens (including phenoxy) is 1. The molecule has 0 spiro atoms. The fourth-order valence-corrected chi connectivity index (χ4v) is 2.46. The number of benzene rings is 1. The highest BCUT2D eigenvalue weighted by Crippen LogP contribution is 2.18. The van der Waals surface area contributed by atoms with E-state index < -0.39 is 11.9 Å². The van der Waals surface area contributed by atoms with E-state index in [1.165, 1.54) is 0 Å². The van der Waals surface area contributed by atoms with Crippen molar-refractivity contribution in [2.24, 2.45) is 0 Å². The molecule has 25 heavy (non-hydrogen) atoms. The van der Waals surface area contributed by atoms with Crippen molar-refractivity contribution < 1.29 is 24.3 Å². The second-order valence-electron chi connectivity index (χ2n) is 5.57. The molecule has 1 aromatic rings. The number of imide groups is 1. The molecule has 0 bridgehead atoms. The number of carbonyl (C=O) groups is 3. The predicted molar refractivity (Wildman–Crippen MR) is 89.6 cm³/mol. The monoisotopic (exact) mass is 347 g/mol. The van der Waals surface area contributed by atoms with E-state index in [0.29, 0.717) is 25.0 Å². The van der Waals surface area contributed by atoms with Crippen molar-refractivity contribution in [1.82, 2.24) is 15.7 Å². The van der Waals surface area contributed by atoms with Crippen LogP contribution in [0.3, 0.4) is 0 Å². The molecule has 1 aliphatic heterocycles. The summed E-state index contributed by atoms with van der Waals surface area (Å²) in [6.07, 6.45) is 3.64. The minimum absolute atomic E-state index is 0.206. The highest BCUT2D eigenvalue weighted by molar-refractivity contribution is 6.13. The van der Waals surface area contributed by atoms with Crippen molar-refractivity contribution in [2.45, 2.75) is 25.7 Å². The van der Waals surface area contributed by atoms with Crippen LogP contribution in [0, 0.1) is 0 Å². The zero-order valence-electron chi connectivity index (χ0n) is 13.9. The quantitative estimate of drug-likeness (QED) is 0.218. The lowest BCUT2D eigenvalue weighted by Crippen LogP contribution is -2.31. The minimum Gasteiger partial charge on any atom is -0.497 e. The van der Waals surface area contributed by atoms with Crippen molar-refractivity contribution >= 4 is 23.9 Å². The number of hydrogen-bond acceptors (Lipinski definition) is 5. The summed E-state index contributed by atoms with van der Waals surface area (Å²) in [7, 11) is 1.56. The van der Waals surface area contributed by atoms with Crippen molar-refractivity contribution in [3.05, 3.63) is 35.5 Å². The van der Waals surface area contributed by atoms with Gasteiger partial charge in [0.05, 0.1) is 7.11 Å². The van der Waals surface area contributed by atoms with Crippen molar-refractivity contribution in [3.8, 4) is 5.75 Å². The second-order valence-corrected chi connectivity index (χ2v) is 5.57. The molecular weight excluding hydrogens is 326 g/mol. The van der Waals surface area contributed by atoms with Crippen LogP contribution in [0.5, 0.6) is 5.75 Å². The number of nitrogens with one attached hydrogen (secondary N) is 2. The van der Waals surface area contributed by atoms with Gasteiger partial charge >= 0.3 is 6.03 Å². The molecule has 0 atom stereocenters. The topological polar surface area (TPSA) is 108 Å². The number of unbranched alkanes of at least 4 members (excludes halogenated alkanes) is 2. The number of methoxy groups -OCH3 is 1. The number of hydrogen-bond donors (Lipinski definition) is 3. The molecule has 4 amide bonds. The summed E-state index contributed by atoms with van der Waals surface area (Å²) >= 11 is 0. The van der Waals surface area contributed by atoms with Gasteiger partial charge in [0.25, 0.3) is 5.91 Å². The normalized spacial score (nSPS) is 15.4. The molecular formula is C17H21N3O5. The Labute approximate surface area is 145 Å². The van der Waals surface area contributed by atoms with Crippen molar-refractivity contribution in [3.63, 3.8) is 0 Å². The van der Waals surface area contributed by atoms with Crippen molar-refractivity contribution in [1.29, 1.82) is 0 Å². The van der Waals surface area contributed by atoms with Crippen LogP contribution in [0.2, 0.25) is 0 Å². The third-order valence-corrected chi connectivity index (χ3v) is 3.78. The predicted octanol–water partition coefficient (Wildman–Crippen LogP) is 1.65. The summed E-state index contributed by atoms with van der Waals surface area (Å²) in [5.41, 5.74) is 2.53. The van der Waals surface area contributed by atoms with E-state index in [0.717, 1.165) is 10.5 Å². The van der Waals surface area contributed by atoms with Gasteiger partial charge in [-0.1, -0.05) is 18.6 Å². The van der Waals surface area contributed by atoms with E-state index in [1.807, 2.05) is 6.07 Å². The van der Waals surface area contributed by atoms with Gasteiger partial charge in [-0.15, -0.1) is 0 Å². The van der Waals surface area contributed by atoms with Gasteiger partial charge < -0.3 is 10.1 Å². The average Bonchev–Trinajstić information content (AvgIpc) is 2.88. The molecule has 0 aliphatic carbocycles. The Morgan fingerprint density at radius 3 is 2.84 bits per heavy atom. The molecule has 8 heteroatoms. The maximum atomic E-state index is 12.3. The molecule has 1 saturated heterocycles. The molecule has 8 nitrogen and oxygen atoms in total. The van der Waals surface area contributed by atoms with Crippen LogP contribution in [0.1, 0.15) is 31.2 Å². The SMILES string of the molecule is COc1cccc(/C=C2\NC(=O)N(CCCCCC(=O)NO)C2=O)c1. The smallest absolute Gasteiger partial charge is 0.329 e. The standard InChI is InChI=1S/C17H21N3O5/c1-25-13-7-5-6-12(10-13)11-14-16(22)20(17(23)18-14)9-4-2-3-8-15(21)19-24/h5-7,10-11,24H,2-4,8-9H2,1H3,(H,18,23)(H,19,21)/b14-11-. The summed E-state index contributed by atoms with van der Waals surface area (Å²) in [5, 5.41) is 11.0. The Kier molecular flexibility index (Phi) is 6.53. The summed E-state index contributed by atoms with van der Waals surface area (Å²) in [6, 6.07) is 6.71. The van der Waals surface area contributed by atoms with Gasteiger partial charge in [-0.05, 0) is 36.6 Å². The van der Waals surface area contributed by atoms with E-state index in [9.17, 15) is 14.4 Å². The first kappa shape index (κ1) is 18.5. The first-order chi connectivity index (χ1) is 12.0. The first-order valence-corrected chi connectivity index (χ1v) is 7.96. The Balaban J connectivity index is 1.90. The van der Waals surface area contributed by atoms with E-state index in [2.05, 4.69) is 5.32 Å². The van der Waals surface area contributed by atoms with Crippen LogP contribution >= 0.6 is 0 Å². The maximum absolute atomic E-state index is 12.3. The van der Waals surface area contributed by atoms with Crippen LogP contribution in [0.25, 0.3) is 6.08 Å². The van der Waals surface area contributed by atoms with Gasteiger partial charge in [0.2, 0.25) is 5.91 Å². The summed E-state index contributed by atoms with van der Waals surface area (Å²) in [4.78, 5) is 36.3. The summed E-state index contributed by atoms with van der Waals surface area (Å²) < 4.78 is 5.13. The third-order valence-electron chi connectivity index (χ3n) is 3.78. The van der Waals surface area contributed by atoms with Crippen LogP contribution in [0.15, 0.2) is 30.0 Å². The lowest BCUT2D eigenvalue weighted by atomic mass is 10.1. The molecule has 1 heterocycles. The fraction of sp³-hybridized carbons (Fsp3) is 0.353.